The van der Waals surface area contributed by atoms with E-state index in [9.17, 15) is 4.79 Å². The number of nitrogens with zero attached hydrogens (tertiary/aromatic N) is 2. The zero-order valence-electron chi connectivity index (χ0n) is 9.30. The molecule has 1 amide bonds. The van der Waals surface area contributed by atoms with Crippen molar-refractivity contribution in [1.29, 1.82) is 0 Å². The van der Waals surface area contributed by atoms with Crippen molar-refractivity contribution in [2.24, 2.45) is 0 Å². The molecule has 0 atom stereocenters. The lowest BCUT2D eigenvalue weighted by molar-refractivity contribution is 0.0981. The highest BCUT2D eigenvalue weighted by molar-refractivity contribution is 6.00. The van der Waals surface area contributed by atoms with Crippen LogP contribution >= 0.6 is 0 Å². The Kier molecular flexibility index (Phi) is 3.00. The lowest BCUT2D eigenvalue weighted by Gasteiger charge is -1.99. The Morgan fingerprint density at radius 1 is 1.35 bits per heavy atom. The maximum Gasteiger partial charge on any atom is 0.316 e. The van der Waals surface area contributed by atoms with Crippen LogP contribution in [-0.4, -0.2) is 16.0 Å². The molecule has 1 aromatic carbocycles. The number of para-hydroxylation sites is 1. The summed E-state index contributed by atoms with van der Waals surface area (Å²) in [4.78, 5) is 15.6. The summed E-state index contributed by atoms with van der Waals surface area (Å²) in [5.41, 5.74) is 1.32. The van der Waals surface area contributed by atoms with Gasteiger partial charge in [-0.1, -0.05) is 29.9 Å². The topological polar surface area (TPSA) is 68.0 Å². The van der Waals surface area contributed by atoms with Crippen LogP contribution in [-0.2, 0) is 0 Å². The van der Waals surface area contributed by atoms with Gasteiger partial charge in [-0.15, -0.1) is 0 Å². The number of nitrogens with one attached hydrogen (secondary N) is 1. The van der Waals surface area contributed by atoms with E-state index in [0.717, 1.165) is 0 Å². The smallest absolute Gasteiger partial charge is 0.316 e. The largest absolute Gasteiger partial charge is 0.328 e. The Balaban J connectivity index is 2.12. The molecular weight excluding hydrogens is 218 g/mol. The number of allylic oxidation sites excluding steroid dienone is 1. The van der Waals surface area contributed by atoms with E-state index in [0.29, 0.717) is 17.1 Å². The molecule has 0 aliphatic carbocycles. The van der Waals surface area contributed by atoms with Gasteiger partial charge in [0.2, 0.25) is 0 Å². The minimum Gasteiger partial charge on any atom is -0.328 e. The molecule has 1 N–H and O–H groups in total. The molecule has 5 heteroatoms. The van der Waals surface area contributed by atoms with Gasteiger partial charge in [-0.3, -0.25) is 4.79 Å². The molecule has 2 aromatic rings. The number of carbonyl (C=O) groups excluding carboxylic acids is 1. The molecule has 86 valence electrons. The number of anilines is 1. The molecule has 0 aliphatic heterocycles. The molecule has 0 bridgehead atoms. The summed E-state index contributed by atoms with van der Waals surface area (Å²) in [7, 11) is 0. The normalized spacial score (nSPS) is 9.94. The number of carbonyl (C=O) groups is 1. The summed E-state index contributed by atoms with van der Waals surface area (Å²) < 4.78 is 4.83. The van der Waals surface area contributed by atoms with E-state index in [1.54, 1.807) is 19.1 Å². The van der Waals surface area contributed by atoms with Crippen molar-refractivity contribution in [3.8, 4) is 0 Å². The van der Waals surface area contributed by atoms with Crippen LogP contribution in [0.25, 0.3) is 5.57 Å². The summed E-state index contributed by atoms with van der Waals surface area (Å²) in [5.74, 6) is -0.175. The van der Waals surface area contributed by atoms with Crippen LogP contribution in [0.1, 0.15) is 23.4 Å². The SMILES string of the molecule is C=C(C)c1noc(C(=O)Nc2ccccc2)n1. The van der Waals surface area contributed by atoms with E-state index in [1.807, 2.05) is 18.2 Å². The monoisotopic (exact) mass is 229 g/mol. The highest BCUT2D eigenvalue weighted by atomic mass is 16.5. The standard InChI is InChI=1S/C12H11N3O2/c1-8(2)10-14-12(17-15-10)11(16)13-9-6-4-3-5-7-9/h3-7H,1H2,2H3,(H,13,16). The van der Waals surface area contributed by atoms with E-state index in [4.69, 9.17) is 4.52 Å². The lowest BCUT2D eigenvalue weighted by atomic mass is 10.3. The van der Waals surface area contributed by atoms with Gasteiger partial charge in [-0.05, 0) is 24.6 Å². The quantitative estimate of drug-likeness (QED) is 0.877. The Morgan fingerprint density at radius 2 is 2.06 bits per heavy atom. The molecule has 1 aromatic heterocycles. The van der Waals surface area contributed by atoms with Crippen molar-refractivity contribution in [1.82, 2.24) is 10.1 Å². The third-order valence-corrected chi connectivity index (χ3v) is 2.03. The van der Waals surface area contributed by atoms with Gasteiger partial charge >= 0.3 is 11.8 Å². The molecule has 0 saturated carbocycles. The predicted octanol–water partition coefficient (Wildman–Crippen LogP) is 2.36. The maximum absolute atomic E-state index is 11.7. The summed E-state index contributed by atoms with van der Waals surface area (Å²) >= 11 is 0. The summed E-state index contributed by atoms with van der Waals surface area (Å²) in [6.45, 7) is 5.41. The minimum atomic E-state index is -0.434. The first-order valence-electron chi connectivity index (χ1n) is 5.03. The average Bonchev–Trinajstić information content (AvgIpc) is 2.79. The second-order valence-corrected chi connectivity index (χ2v) is 3.52. The molecule has 1 heterocycles. The molecule has 0 saturated heterocycles. The predicted molar refractivity (Wildman–Crippen MR) is 63.4 cm³/mol. The highest BCUT2D eigenvalue weighted by Crippen LogP contribution is 2.10. The second-order valence-electron chi connectivity index (χ2n) is 3.52. The first kappa shape index (κ1) is 11.1. The first-order valence-corrected chi connectivity index (χ1v) is 5.03. The van der Waals surface area contributed by atoms with E-state index >= 15 is 0 Å². The first-order chi connectivity index (χ1) is 8.16. The zero-order chi connectivity index (χ0) is 12.3. The van der Waals surface area contributed by atoms with Gasteiger partial charge in [0, 0.05) is 5.69 Å². The fraction of sp³-hybridized carbons (Fsp3) is 0.0833. The number of hydrogen-bond acceptors (Lipinski definition) is 4. The van der Waals surface area contributed by atoms with Crippen molar-refractivity contribution in [2.75, 3.05) is 5.32 Å². The number of amides is 1. The van der Waals surface area contributed by atoms with E-state index < -0.39 is 5.91 Å². The molecule has 0 spiro atoms. The van der Waals surface area contributed by atoms with E-state index in [-0.39, 0.29) is 5.89 Å². The lowest BCUT2D eigenvalue weighted by Crippen LogP contribution is -2.12. The van der Waals surface area contributed by atoms with E-state index in [2.05, 4.69) is 22.0 Å². The highest BCUT2D eigenvalue weighted by Gasteiger charge is 2.15. The summed E-state index contributed by atoms with van der Waals surface area (Å²) in [6, 6.07) is 9.05. The van der Waals surface area contributed by atoms with Gasteiger partial charge in [0.1, 0.15) is 0 Å². The maximum atomic E-state index is 11.7. The van der Waals surface area contributed by atoms with Crippen molar-refractivity contribution < 1.29 is 9.32 Å². The number of aromatic nitrogens is 2. The van der Waals surface area contributed by atoms with Gasteiger partial charge in [0.15, 0.2) is 5.82 Å². The molecule has 0 aliphatic rings. The van der Waals surface area contributed by atoms with Gasteiger partial charge in [-0.25, -0.2) is 0 Å². The Hall–Kier alpha value is -2.43. The molecule has 5 nitrogen and oxygen atoms in total. The molecule has 2 rings (SSSR count). The number of hydrogen-bond donors (Lipinski definition) is 1. The van der Waals surface area contributed by atoms with Gasteiger partial charge in [0.25, 0.3) is 0 Å². The fourth-order valence-electron chi connectivity index (χ4n) is 1.20. The van der Waals surface area contributed by atoms with Crippen LogP contribution in [0, 0.1) is 0 Å². The van der Waals surface area contributed by atoms with Crippen LogP contribution in [0.5, 0.6) is 0 Å². The number of rotatable bonds is 3. The third kappa shape index (κ3) is 2.57. The van der Waals surface area contributed by atoms with Crippen LogP contribution in [0.3, 0.4) is 0 Å². The van der Waals surface area contributed by atoms with Gasteiger partial charge in [-0.2, -0.15) is 4.98 Å². The van der Waals surface area contributed by atoms with Crippen LogP contribution in [0.15, 0.2) is 41.4 Å². The zero-order valence-corrected chi connectivity index (χ0v) is 9.30. The minimum absolute atomic E-state index is 0.0770. The second kappa shape index (κ2) is 4.61. The Labute approximate surface area is 98.2 Å². The van der Waals surface area contributed by atoms with E-state index in [1.165, 1.54) is 0 Å². The van der Waals surface area contributed by atoms with Crippen LogP contribution < -0.4 is 5.32 Å². The van der Waals surface area contributed by atoms with Gasteiger partial charge in [0.05, 0.1) is 0 Å². The van der Waals surface area contributed by atoms with Gasteiger partial charge < -0.3 is 9.84 Å². The van der Waals surface area contributed by atoms with Crippen molar-refractivity contribution >= 4 is 17.2 Å². The molecule has 0 radical (unpaired) electrons. The number of benzene rings is 1. The molecular formula is C12H11N3O2. The molecule has 0 fully saturated rings. The fourth-order valence-corrected chi connectivity index (χ4v) is 1.20. The third-order valence-electron chi connectivity index (χ3n) is 2.03. The van der Waals surface area contributed by atoms with Crippen LogP contribution in [0.2, 0.25) is 0 Å². The van der Waals surface area contributed by atoms with Crippen molar-refractivity contribution in [3.63, 3.8) is 0 Å². The molecule has 17 heavy (non-hydrogen) atoms. The van der Waals surface area contributed by atoms with Crippen molar-refractivity contribution in [3.05, 3.63) is 48.6 Å². The Bertz CT molecular complexity index is 546. The summed E-state index contributed by atoms with van der Waals surface area (Å²) in [6.07, 6.45) is 0. The van der Waals surface area contributed by atoms with Crippen molar-refractivity contribution in [2.45, 2.75) is 6.92 Å². The molecule has 0 unspecified atom stereocenters. The summed E-state index contributed by atoms with van der Waals surface area (Å²) in [5, 5.41) is 6.28. The average molecular weight is 229 g/mol. The Morgan fingerprint density at radius 3 is 2.65 bits per heavy atom. The van der Waals surface area contributed by atoms with Crippen LogP contribution in [0.4, 0.5) is 5.69 Å².